The second kappa shape index (κ2) is 9.25. The Hall–Kier alpha value is -0.990. The van der Waals surface area contributed by atoms with Crippen molar-refractivity contribution in [2.24, 2.45) is 0 Å². The summed E-state index contributed by atoms with van der Waals surface area (Å²) < 4.78 is 166. The highest BCUT2D eigenvalue weighted by Crippen LogP contribution is 2.60. The zero-order valence-electron chi connectivity index (χ0n) is 15.8. The predicted molar refractivity (Wildman–Crippen MR) is 84.8 cm³/mol. The number of alkyl halides is 9. The van der Waals surface area contributed by atoms with Crippen molar-refractivity contribution in [2.45, 2.75) is 57.4 Å². The highest BCUT2D eigenvalue weighted by molar-refractivity contribution is 7.88. The van der Waals surface area contributed by atoms with E-state index in [2.05, 4.69) is 13.2 Å². The van der Waals surface area contributed by atoms with Gasteiger partial charge in [0, 0.05) is 0 Å². The molecule has 17 heteroatoms. The average molecular weight is 504 g/mol. The van der Waals surface area contributed by atoms with E-state index in [4.69, 9.17) is 0 Å². The molecular formula is C13H18F9O6PS. The molecule has 0 aliphatic carbocycles. The average Bonchev–Trinajstić information content (AvgIpc) is 2.57. The van der Waals surface area contributed by atoms with Gasteiger partial charge >= 0.3 is 41.0 Å². The van der Waals surface area contributed by atoms with Crippen molar-refractivity contribution in [1.29, 1.82) is 0 Å². The minimum absolute atomic E-state index is 0.310. The van der Waals surface area contributed by atoms with Gasteiger partial charge in [0.2, 0.25) is 5.50 Å². The Balaban J connectivity index is 6.62. The standard InChI is InChI=1S/C13H18F9O6PS/c1-5-8(4)9(29(23,26-6-2)27-7-3)28-30(24,25)13(21,22)11(16,17)10(14,15)12(18,19)20/h5-7H2,1-4H3/b9-8+. The van der Waals surface area contributed by atoms with Gasteiger partial charge in [0.15, 0.2) is 0 Å². The number of hydrogen-bond donors (Lipinski definition) is 0. The van der Waals surface area contributed by atoms with Crippen LogP contribution >= 0.6 is 7.60 Å². The van der Waals surface area contributed by atoms with Crippen LogP contribution in [-0.4, -0.2) is 44.9 Å². The Labute approximate surface area is 166 Å². The molecule has 0 aromatic carbocycles. The van der Waals surface area contributed by atoms with Crippen molar-refractivity contribution in [3.05, 3.63) is 11.1 Å². The topological polar surface area (TPSA) is 78.9 Å². The fourth-order valence-corrected chi connectivity index (χ4v) is 4.84. The number of hydrogen-bond acceptors (Lipinski definition) is 6. The number of rotatable bonds is 11. The monoisotopic (exact) mass is 504 g/mol. The smallest absolute Gasteiger partial charge is 0.369 e. The zero-order valence-corrected chi connectivity index (χ0v) is 17.5. The minimum Gasteiger partial charge on any atom is -0.369 e. The van der Waals surface area contributed by atoms with Crippen LogP contribution in [-0.2, 0) is 27.9 Å². The van der Waals surface area contributed by atoms with Gasteiger partial charge in [-0.25, -0.2) is 0 Å². The molecule has 0 aromatic rings. The molecule has 0 aromatic heterocycles. The van der Waals surface area contributed by atoms with Crippen LogP contribution in [0.2, 0.25) is 0 Å². The van der Waals surface area contributed by atoms with Crippen molar-refractivity contribution < 1.29 is 65.7 Å². The zero-order chi connectivity index (χ0) is 24.4. The first-order chi connectivity index (χ1) is 13.2. The molecule has 0 bridgehead atoms. The van der Waals surface area contributed by atoms with Crippen LogP contribution < -0.4 is 0 Å². The second-order valence-corrected chi connectivity index (χ2v) is 8.98. The Morgan fingerprint density at radius 1 is 0.833 bits per heavy atom. The minimum atomic E-state index is -7.50. The molecule has 0 unspecified atom stereocenters. The molecule has 0 atom stereocenters. The summed E-state index contributed by atoms with van der Waals surface area (Å²) in [5.74, 6) is -15.0. The summed E-state index contributed by atoms with van der Waals surface area (Å²) in [5, 5.41) is -7.11. The molecule has 0 spiro atoms. The van der Waals surface area contributed by atoms with Gasteiger partial charge in [0.25, 0.3) is 0 Å². The van der Waals surface area contributed by atoms with Crippen LogP contribution in [0.3, 0.4) is 0 Å². The molecule has 6 nitrogen and oxygen atoms in total. The largest absolute Gasteiger partial charge is 0.460 e. The highest BCUT2D eigenvalue weighted by atomic mass is 32.2. The fourth-order valence-electron chi connectivity index (χ4n) is 1.67. The van der Waals surface area contributed by atoms with Crippen LogP contribution in [0.25, 0.3) is 0 Å². The van der Waals surface area contributed by atoms with Crippen LogP contribution in [0, 0.1) is 0 Å². The van der Waals surface area contributed by atoms with E-state index in [0.717, 1.165) is 6.92 Å². The summed E-state index contributed by atoms with van der Waals surface area (Å²) in [7, 11) is -12.2. The highest BCUT2D eigenvalue weighted by Gasteiger charge is 2.86. The third-order valence-corrected chi connectivity index (χ3v) is 6.92. The lowest BCUT2D eigenvalue weighted by molar-refractivity contribution is -0.382. The van der Waals surface area contributed by atoms with Gasteiger partial charge in [0.05, 0.1) is 13.2 Å². The van der Waals surface area contributed by atoms with E-state index < -0.39 is 65.3 Å². The molecule has 0 fully saturated rings. The van der Waals surface area contributed by atoms with E-state index in [1.807, 2.05) is 0 Å². The molecule has 0 saturated carbocycles. The molecule has 0 heterocycles. The molecule has 0 saturated heterocycles. The van der Waals surface area contributed by atoms with Gasteiger partial charge < -0.3 is 13.2 Å². The van der Waals surface area contributed by atoms with E-state index in [-0.39, 0.29) is 6.42 Å². The predicted octanol–water partition coefficient (Wildman–Crippen LogP) is 5.67. The third kappa shape index (κ3) is 5.07. The maximum Gasteiger partial charge on any atom is 0.460 e. The van der Waals surface area contributed by atoms with Gasteiger partial charge in [-0.15, -0.1) is 0 Å². The quantitative estimate of drug-likeness (QED) is 0.156. The summed E-state index contributed by atoms with van der Waals surface area (Å²) in [4.78, 5) is 0. The molecule has 0 aliphatic rings. The Kier molecular flexibility index (Phi) is 8.94. The van der Waals surface area contributed by atoms with E-state index in [1.54, 1.807) is 0 Å². The van der Waals surface area contributed by atoms with Crippen LogP contribution in [0.4, 0.5) is 39.5 Å². The maximum absolute atomic E-state index is 13.9. The Morgan fingerprint density at radius 2 is 1.23 bits per heavy atom. The Bertz CT molecular complexity index is 781. The van der Waals surface area contributed by atoms with E-state index in [9.17, 15) is 52.5 Å². The van der Waals surface area contributed by atoms with Crippen molar-refractivity contribution in [1.82, 2.24) is 0 Å². The van der Waals surface area contributed by atoms with Crippen molar-refractivity contribution >= 4 is 17.7 Å². The normalized spacial score (nSPS) is 15.8. The van der Waals surface area contributed by atoms with Gasteiger partial charge in [-0.05, 0) is 32.8 Å². The lowest BCUT2D eigenvalue weighted by atomic mass is 10.1. The summed E-state index contributed by atoms with van der Waals surface area (Å²) in [6.45, 7) is 3.53. The van der Waals surface area contributed by atoms with Gasteiger partial charge in [-0.1, -0.05) is 6.92 Å². The lowest BCUT2D eigenvalue weighted by Gasteiger charge is -2.33. The van der Waals surface area contributed by atoms with Gasteiger partial charge in [-0.3, -0.25) is 4.57 Å². The van der Waals surface area contributed by atoms with E-state index in [1.165, 1.54) is 20.8 Å². The van der Waals surface area contributed by atoms with Gasteiger partial charge in [-0.2, -0.15) is 47.9 Å². The Morgan fingerprint density at radius 3 is 1.53 bits per heavy atom. The number of allylic oxidation sites excluding steroid dienone is 1. The first-order valence-corrected chi connectivity index (χ1v) is 10.9. The molecule has 0 rings (SSSR count). The summed E-state index contributed by atoms with van der Waals surface area (Å²) in [5.41, 5.74) is -2.02. The second-order valence-electron chi connectivity index (χ2n) is 5.47. The molecule has 0 aliphatic heterocycles. The molecule has 180 valence electrons. The SMILES string of the molecule is CCOP(=O)(OCC)/C(OS(=O)(=O)C(F)(F)C(F)(F)C(F)(F)C(F)(F)F)=C(\C)CC. The molecule has 0 amide bonds. The summed E-state index contributed by atoms with van der Waals surface area (Å²) in [6, 6.07) is 0. The van der Waals surface area contributed by atoms with Crippen LogP contribution in [0.5, 0.6) is 0 Å². The van der Waals surface area contributed by atoms with Gasteiger partial charge in [0.1, 0.15) is 0 Å². The van der Waals surface area contributed by atoms with Crippen LogP contribution in [0.15, 0.2) is 11.1 Å². The van der Waals surface area contributed by atoms with Crippen LogP contribution in [0.1, 0.15) is 34.1 Å². The third-order valence-electron chi connectivity index (χ3n) is 3.36. The lowest BCUT2D eigenvalue weighted by Crippen LogP contribution is -2.63. The molecule has 0 radical (unpaired) electrons. The van der Waals surface area contributed by atoms with E-state index >= 15 is 0 Å². The fraction of sp³-hybridized carbons (Fsp3) is 0.846. The molecular weight excluding hydrogens is 486 g/mol. The summed E-state index contributed by atoms with van der Waals surface area (Å²) in [6.07, 6.45) is -7.55. The van der Waals surface area contributed by atoms with Crippen molar-refractivity contribution in [3.8, 4) is 0 Å². The molecule has 30 heavy (non-hydrogen) atoms. The van der Waals surface area contributed by atoms with Crippen molar-refractivity contribution in [2.75, 3.05) is 13.2 Å². The maximum atomic E-state index is 13.9. The summed E-state index contributed by atoms with van der Waals surface area (Å²) >= 11 is 0. The van der Waals surface area contributed by atoms with E-state index in [0.29, 0.717) is 0 Å². The van der Waals surface area contributed by atoms with Crippen molar-refractivity contribution in [3.63, 3.8) is 0 Å². The first-order valence-electron chi connectivity index (χ1n) is 7.93. The number of halogens is 9. The first kappa shape index (κ1) is 29.0. The molecule has 0 N–H and O–H groups in total.